The third-order valence-corrected chi connectivity index (χ3v) is 2.32. The monoisotopic (exact) mass is 248 g/mol. The van der Waals surface area contributed by atoms with E-state index in [1.54, 1.807) is 18.6 Å². The van der Waals surface area contributed by atoms with Crippen molar-refractivity contribution < 1.29 is 0 Å². The molecule has 2 aromatic heterocycles. The van der Waals surface area contributed by atoms with Crippen LogP contribution in [0.25, 0.3) is 0 Å². The first-order chi connectivity index (χ1) is 8.25. The van der Waals surface area contributed by atoms with Crippen molar-refractivity contribution in [3.63, 3.8) is 0 Å². The molecule has 6 nitrogen and oxygen atoms in total. The molecule has 0 aliphatic carbocycles. The third-order valence-electron chi connectivity index (χ3n) is 2.11. The predicted octanol–water partition coefficient (Wildman–Crippen LogP) is 0.419. The summed E-state index contributed by atoms with van der Waals surface area (Å²) in [5.74, 6) is 0.692. The van der Waals surface area contributed by atoms with Crippen molar-refractivity contribution in [3.05, 3.63) is 36.5 Å². The van der Waals surface area contributed by atoms with Gasteiger partial charge in [-0.3, -0.25) is 4.68 Å². The lowest BCUT2D eigenvalue weighted by molar-refractivity contribution is 0.637. The van der Waals surface area contributed by atoms with Gasteiger partial charge in [0.1, 0.15) is 16.5 Å². The van der Waals surface area contributed by atoms with Crippen molar-refractivity contribution in [2.45, 2.75) is 6.54 Å². The van der Waals surface area contributed by atoms with Crippen LogP contribution in [0.4, 0.5) is 5.82 Å². The van der Waals surface area contributed by atoms with E-state index in [1.165, 1.54) is 0 Å². The van der Waals surface area contributed by atoms with Gasteiger partial charge in [-0.15, -0.1) is 0 Å². The van der Waals surface area contributed by atoms with Crippen LogP contribution in [0.1, 0.15) is 5.69 Å². The minimum Gasteiger partial charge on any atom is -0.388 e. The van der Waals surface area contributed by atoms with Crippen LogP contribution in [-0.4, -0.2) is 31.3 Å². The number of hydrogen-bond donors (Lipinski definition) is 2. The van der Waals surface area contributed by atoms with Gasteiger partial charge in [0.25, 0.3) is 0 Å². The Hall–Kier alpha value is -2.02. The highest BCUT2D eigenvalue weighted by molar-refractivity contribution is 7.80. The molecule has 0 unspecified atom stereocenters. The summed E-state index contributed by atoms with van der Waals surface area (Å²) in [6.45, 7) is 1.49. The van der Waals surface area contributed by atoms with Gasteiger partial charge < -0.3 is 11.1 Å². The SMILES string of the molecule is NC(=S)c1cnc(NCCn2cccn2)cn1. The molecule has 3 N–H and O–H groups in total. The van der Waals surface area contributed by atoms with Crippen LogP contribution in [0.3, 0.4) is 0 Å². The number of hydrogen-bond acceptors (Lipinski definition) is 5. The Balaban J connectivity index is 1.85. The maximum absolute atomic E-state index is 5.43. The lowest BCUT2D eigenvalue weighted by atomic mass is 10.4. The van der Waals surface area contributed by atoms with Crippen LogP contribution >= 0.6 is 12.2 Å². The van der Waals surface area contributed by atoms with Crippen LogP contribution in [-0.2, 0) is 6.54 Å². The molecular weight excluding hydrogens is 236 g/mol. The third kappa shape index (κ3) is 3.22. The fraction of sp³-hybridized carbons (Fsp3) is 0.200. The Morgan fingerprint density at radius 2 is 2.29 bits per heavy atom. The summed E-state index contributed by atoms with van der Waals surface area (Å²) in [5, 5.41) is 7.22. The van der Waals surface area contributed by atoms with Gasteiger partial charge in [-0.05, 0) is 6.07 Å². The Morgan fingerprint density at radius 1 is 1.41 bits per heavy atom. The van der Waals surface area contributed by atoms with Crippen LogP contribution < -0.4 is 11.1 Å². The van der Waals surface area contributed by atoms with Crippen LogP contribution in [0, 0.1) is 0 Å². The molecule has 17 heavy (non-hydrogen) atoms. The molecule has 2 rings (SSSR count). The van der Waals surface area contributed by atoms with Crippen molar-refractivity contribution >= 4 is 23.0 Å². The van der Waals surface area contributed by atoms with Crippen molar-refractivity contribution in [2.24, 2.45) is 5.73 Å². The fourth-order valence-corrected chi connectivity index (χ4v) is 1.38. The van der Waals surface area contributed by atoms with Gasteiger partial charge in [-0.1, -0.05) is 12.2 Å². The lowest BCUT2D eigenvalue weighted by Gasteiger charge is -2.05. The molecule has 2 heterocycles. The zero-order valence-electron chi connectivity index (χ0n) is 9.08. The zero-order chi connectivity index (χ0) is 12.1. The van der Waals surface area contributed by atoms with E-state index in [-0.39, 0.29) is 4.99 Å². The average Bonchev–Trinajstić information content (AvgIpc) is 2.83. The second-order valence-electron chi connectivity index (χ2n) is 3.35. The normalized spacial score (nSPS) is 10.1. The molecule has 88 valence electrons. The summed E-state index contributed by atoms with van der Waals surface area (Å²) in [4.78, 5) is 8.48. The van der Waals surface area contributed by atoms with E-state index in [4.69, 9.17) is 18.0 Å². The minimum absolute atomic E-state index is 0.251. The smallest absolute Gasteiger partial charge is 0.144 e. The molecule has 0 spiro atoms. The molecule has 0 radical (unpaired) electrons. The van der Waals surface area contributed by atoms with Gasteiger partial charge in [-0.2, -0.15) is 5.10 Å². The molecule has 7 heteroatoms. The molecule has 0 bridgehead atoms. The van der Waals surface area contributed by atoms with Crippen molar-refractivity contribution in [2.75, 3.05) is 11.9 Å². The number of aromatic nitrogens is 4. The minimum atomic E-state index is 0.251. The highest BCUT2D eigenvalue weighted by Gasteiger charge is 1.99. The molecule has 0 fully saturated rings. The first-order valence-corrected chi connectivity index (χ1v) is 5.49. The van der Waals surface area contributed by atoms with E-state index in [1.807, 2.05) is 16.9 Å². The number of thiocarbonyl (C=S) groups is 1. The summed E-state index contributed by atoms with van der Waals surface area (Å²) >= 11 is 4.79. The zero-order valence-corrected chi connectivity index (χ0v) is 9.89. The van der Waals surface area contributed by atoms with Crippen LogP contribution in [0.5, 0.6) is 0 Å². The van der Waals surface area contributed by atoms with Crippen LogP contribution in [0.2, 0.25) is 0 Å². The number of anilines is 1. The Morgan fingerprint density at radius 3 is 2.88 bits per heavy atom. The second kappa shape index (κ2) is 5.35. The quantitative estimate of drug-likeness (QED) is 0.746. The molecule has 0 atom stereocenters. The molecule has 0 aliphatic rings. The van der Waals surface area contributed by atoms with Gasteiger partial charge in [-0.25, -0.2) is 9.97 Å². The number of nitrogens with one attached hydrogen (secondary N) is 1. The molecule has 0 saturated heterocycles. The summed E-state index contributed by atoms with van der Waals surface area (Å²) in [6.07, 6.45) is 6.82. The van der Waals surface area contributed by atoms with Gasteiger partial charge in [0.15, 0.2) is 0 Å². The average molecular weight is 248 g/mol. The van der Waals surface area contributed by atoms with E-state index in [2.05, 4.69) is 20.4 Å². The van der Waals surface area contributed by atoms with Crippen molar-refractivity contribution in [1.82, 2.24) is 19.7 Å². The Kier molecular flexibility index (Phi) is 3.61. The van der Waals surface area contributed by atoms with E-state index in [0.29, 0.717) is 11.5 Å². The van der Waals surface area contributed by atoms with E-state index in [0.717, 1.165) is 13.1 Å². The Bertz CT molecular complexity index is 478. The highest BCUT2D eigenvalue weighted by atomic mass is 32.1. The summed E-state index contributed by atoms with van der Waals surface area (Å²) in [6, 6.07) is 1.89. The standard InChI is InChI=1S/C10H12N6S/c11-10(17)8-6-14-9(7-13-8)12-3-5-16-4-1-2-15-16/h1-2,4,6-7H,3,5H2,(H2,11,17)(H,12,14). The maximum Gasteiger partial charge on any atom is 0.144 e. The van der Waals surface area contributed by atoms with Gasteiger partial charge in [0.05, 0.1) is 18.9 Å². The summed E-state index contributed by atoms with van der Waals surface area (Å²) in [7, 11) is 0. The van der Waals surface area contributed by atoms with Crippen molar-refractivity contribution in [3.8, 4) is 0 Å². The Labute approximate surface area is 104 Å². The lowest BCUT2D eigenvalue weighted by Crippen LogP contribution is -2.14. The highest BCUT2D eigenvalue weighted by Crippen LogP contribution is 2.00. The molecule has 0 aliphatic heterocycles. The van der Waals surface area contributed by atoms with E-state index < -0.39 is 0 Å². The fourth-order valence-electron chi connectivity index (χ4n) is 1.28. The first kappa shape index (κ1) is 11.5. The van der Waals surface area contributed by atoms with E-state index in [9.17, 15) is 0 Å². The number of rotatable bonds is 5. The van der Waals surface area contributed by atoms with Gasteiger partial charge in [0, 0.05) is 18.9 Å². The van der Waals surface area contributed by atoms with Crippen molar-refractivity contribution in [1.29, 1.82) is 0 Å². The summed E-state index contributed by atoms with van der Waals surface area (Å²) in [5.41, 5.74) is 5.95. The van der Waals surface area contributed by atoms with E-state index >= 15 is 0 Å². The number of nitrogens with zero attached hydrogens (tertiary/aromatic N) is 4. The second-order valence-corrected chi connectivity index (χ2v) is 3.79. The van der Waals surface area contributed by atoms with Gasteiger partial charge >= 0.3 is 0 Å². The van der Waals surface area contributed by atoms with Crippen LogP contribution in [0.15, 0.2) is 30.9 Å². The maximum atomic E-state index is 5.43. The molecule has 0 amide bonds. The predicted molar refractivity (Wildman–Crippen MR) is 68.6 cm³/mol. The first-order valence-electron chi connectivity index (χ1n) is 5.09. The largest absolute Gasteiger partial charge is 0.388 e. The molecule has 0 saturated carbocycles. The molecular formula is C10H12N6S. The molecule has 2 aromatic rings. The van der Waals surface area contributed by atoms with Gasteiger partial charge in [0.2, 0.25) is 0 Å². The summed E-state index contributed by atoms with van der Waals surface area (Å²) < 4.78 is 1.84. The molecule has 0 aromatic carbocycles. The number of nitrogens with two attached hydrogens (primary N) is 1. The topological polar surface area (TPSA) is 81.6 Å².